The lowest BCUT2D eigenvalue weighted by Crippen LogP contribution is -2.56. The maximum Gasteiger partial charge on any atom is 0.238 e. The molecule has 1 fully saturated rings. The molecule has 1 aliphatic heterocycles. The van der Waals surface area contributed by atoms with E-state index in [4.69, 9.17) is 0 Å². The summed E-state index contributed by atoms with van der Waals surface area (Å²) in [7, 11) is 2.06. The van der Waals surface area contributed by atoms with Gasteiger partial charge in [0.25, 0.3) is 0 Å². The molecule has 18 heavy (non-hydrogen) atoms. The topological polar surface area (TPSA) is 44.4 Å². The van der Waals surface area contributed by atoms with Crippen molar-refractivity contribution in [1.82, 2.24) is 15.5 Å². The molecule has 2 N–H and O–H groups in total. The van der Waals surface area contributed by atoms with Crippen LogP contribution in [0, 0.1) is 11.3 Å². The van der Waals surface area contributed by atoms with Crippen LogP contribution in [-0.4, -0.2) is 50.1 Å². The number of hydrogen-bond donors (Lipinski definition) is 2. The van der Waals surface area contributed by atoms with Crippen LogP contribution in [0.15, 0.2) is 0 Å². The number of nitrogens with zero attached hydrogens (tertiary/aromatic N) is 1. The second kappa shape index (κ2) is 6.53. The number of carbonyl (C=O) groups excluding carboxylic acids is 1. The quantitative estimate of drug-likeness (QED) is 0.772. The molecule has 4 heteroatoms. The number of carbonyl (C=O) groups is 1. The van der Waals surface area contributed by atoms with Crippen LogP contribution in [0.4, 0.5) is 0 Å². The van der Waals surface area contributed by atoms with E-state index in [0.717, 1.165) is 32.6 Å². The summed E-state index contributed by atoms with van der Waals surface area (Å²) in [5.74, 6) is 0.800. The highest BCUT2D eigenvalue weighted by Crippen LogP contribution is 2.24. The fraction of sp³-hybridized carbons (Fsp3) is 0.929. The van der Waals surface area contributed by atoms with Gasteiger partial charge in [-0.1, -0.05) is 27.7 Å². The first-order valence-corrected chi connectivity index (χ1v) is 7.00. The Kier molecular flexibility index (Phi) is 5.60. The van der Waals surface area contributed by atoms with Crippen molar-refractivity contribution in [3.8, 4) is 0 Å². The second-order valence-electron chi connectivity index (χ2n) is 6.75. The highest BCUT2D eigenvalue weighted by Gasteiger charge is 2.26. The smallest absolute Gasteiger partial charge is 0.238 e. The molecule has 1 heterocycles. The van der Waals surface area contributed by atoms with Crippen molar-refractivity contribution in [3.63, 3.8) is 0 Å². The Balaban J connectivity index is 2.36. The summed E-state index contributed by atoms with van der Waals surface area (Å²) in [6.07, 6.45) is 1.13. The predicted molar refractivity (Wildman–Crippen MR) is 75.5 cm³/mol. The maximum absolute atomic E-state index is 12.1. The number of nitrogens with one attached hydrogen (secondary N) is 2. The van der Waals surface area contributed by atoms with E-state index in [1.54, 1.807) is 0 Å². The van der Waals surface area contributed by atoms with Gasteiger partial charge in [0, 0.05) is 26.2 Å². The first-order valence-electron chi connectivity index (χ1n) is 7.00. The van der Waals surface area contributed by atoms with Gasteiger partial charge in [-0.15, -0.1) is 0 Å². The van der Waals surface area contributed by atoms with E-state index < -0.39 is 0 Å². The van der Waals surface area contributed by atoms with Crippen molar-refractivity contribution in [2.45, 2.75) is 40.2 Å². The minimum Gasteiger partial charge on any atom is -0.354 e. The van der Waals surface area contributed by atoms with Crippen LogP contribution in [0.2, 0.25) is 0 Å². The van der Waals surface area contributed by atoms with E-state index in [9.17, 15) is 4.79 Å². The van der Waals surface area contributed by atoms with Crippen LogP contribution in [0.1, 0.15) is 34.1 Å². The summed E-state index contributed by atoms with van der Waals surface area (Å²) in [6.45, 7) is 12.3. The van der Waals surface area contributed by atoms with Crippen LogP contribution in [0.3, 0.4) is 0 Å². The fourth-order valence-electron chi connectivity index (χ4n) is 2.70. The number of piperazine rings is 1. The molecule has 1 saturated heterocycles. The predicted octanol–water partition coefficient (Wildman–Crippen LogP) is 1.08. The van der Waals surface area contributed by atoms with Gasteiger partial charge in [-0.3, -0.25) is 4.79 Å². The van der Waals surface area contributed by atoms with Gasteiger partial charge in [-0.05, 0) is 24.8 Å². The summed E-state index contributed by atoms with van der Waals surface area (Å²) >= 11 is 0. The van der Waals surface area contributed by atoms with Gasteiger partial charge >= 0.3 is 0 Å². The molecule has 1 atom stereocenters. The van der Waals surface area contributed by atoms with Gasteiger partial charge in [-0.2, -0.15) is 0 Å². The van der Waals surface area contributed by atoms with Gasteiger partial charge in [-0.25, -0.2) is 0 Å². The lowest BCUT2D eigenvalue weighted by atomic mass is 9.84. The number of likely N-dealkylation sites (N-methyl/N-ethyl adjacent to an activating group) is 1. The zero-order valence-electron chi connectivity index (χ0n) is 12.5. The highest BCUT2D eigenvalue weighted by atomic mass is 16.2. The molecular weight excluding hydrogens is 226 g/mol. The van der Waals surface area contributed by atoms with Gasteiger partial charge in [0.15, 0.2) is 0 Å². The fourth-order valence-corrected chi connectivity index (χ4v) is 2.70. The number of hydrogen-bond acceptors (Lipinski definition) is 3. The molecule has 0 aliphatic carbocycles. The lowest BCUT2D eigenvalue weighted by Gasteiger charge is -2.32. The van der Waals surface area contributed by atoms with E-state index in [2.05, 4.69) is 50.3 Å². The van der Waals surface area contributed by atoms with Crippen molar-refractivity contribution in [1.29, 1.82) is 0 Å². The van der Waals surface area contributed by atoms with Gasteiger partial charge in [0.05, 0.1) is 6.04 Å². The van der Waals surface area contributed by atoms with Crippen LogP contribution < -0.4 is 10.6 Å². The molecule has 0 radical (unpaired) electrons. The Labute approximate surface area is 111 Å². The van der Waals surface area contributed by atoms with Crippen molar-refractivity contribution in [2.75, 3.05) is 33.2 Å². The first kappa shape index (κ1) is 15.4. The molecule has 0 spiro atoms. The summed E-state index contributed by atoms with van der Waals surface area (Å²) in [6, 6.07) is -0.0569. The molecule has 1 amide bonds. The number of rotatable bonds is 5. The number of amides is 1. The largest absolute Gasteiger partial charge is 0.354 e. The molecule has 0 bridgehead atoms. The van der Waals surface area contributed by atoms with Crippen LogP contribution in [0.5, 0.6) is 0 Å². The molecule has 0 aromatic heterocycles. The average molecular weight is 255 g/mol. The van der Waals surface area contributed by atoms with E-state index in [1.165, 1.54) is 0 Å². The van der Waals surface area contributed by atoms with Crippen molar-refractivity contribution >= 4 is 5.91 Å². The summed E-state index contributed by atoms with van der Waals surface area (Å²) in [5, 5.41) is 6.36. The third-order valence-corrected chi connectivity index (χ3v) is 3.40. The second-order valence-corrected chi connectivity index (χ2v) is 6.75. The highest BCUT2D eigenvalue weighted by molar-refractivity contribution is 5.82. The van der Waals surface area contributed by atoms with Crippen LogP contribution in [0.25, 0.3) is 0 Å². The minimum atomic E-state index is -0.0569. The van der Waals surface area contributed by atoms with E-state index >= 15 is 0 Å². The monoisotopic (exact) mass is 255 g/mol. The van der Waals surface area contributed by atoms with Crippen molar-refractivity contribution < 1.29 is 4.79 Å². The molecular formula is C14H29N3O. The Morgan fingerprint density at radius 1 is 1.50 bits per heavy atom. The zero-order chi connectivity index (χ0) is 13.8. The molecule has 0 aromatic carbocycles. The van der Waals surface area contributed by atoms with Crippen molar-refractivity contribution in [2.24, 2.45) is 11.3 Å². The SMILES string of the molecule is CC(C)CC(C)(C)CNC(=O)C1CN(C)CCN1. The molecule has 4 nitrogen and oxygen atoms in total. The van der Waals surface area contributed by atoms with E-state index in [1.807, 2.05) is 0 Å². The summed E-state index contributed by atoms with van der Waals surface area (Å²) in [5.41, 5.74) is 0.171. The minimum absolute atomic E-state index is 0.0569. The molecule has 1 rings (SSSR count). The third-order valence-electron chi connectivity index (χ3n) is 3.40. The lowest BCUT2D eigenvalue weighted by molar-refractivity contribution is -0.124. The Hall–Kier alpha value is -0.610. The van der Waals surface area contributed by atoms with E-state index in [0.29, 0.717) is 5.92 Å². The zero-order valence-corrected chi connectivity index (χ0v) is 12.5. The summed E-state index contributed by atoms with van der Waals surface area (Å²) in [4.78, 5) is 14.3. The third kappa shape index (κ3) is 5.36. The molecule has 1 aliphatic rings. The Bertz CT molecular complexity index is 276. The average Bonchev–Trinajstić information content (AvgIpc) is 2.24. The summed E-state index contributed by atoms with van der Waals surface area (Å²) < 4.78 is 0. The van der Waals surface area contributed by atoms with Gasteiger partial charge in [0.2, 0.25) is 5.91 Å². The maximum atomic E-state index is 12.1. The molecule has 106 valence electrons. The first-order chi connectivity index (χ1) is 8.30. The van der Waals surface area contributed by atoms with Crippen LogP contribution >= 0.6 is 0 Å². The Morgan fingerprint density at radius 3 is 2.72 bits per heavy atom. The Morgan fingerprint density at radius 2 is 2.17 bits per heavy atom. The van der Waals surface area contributed by atoms with Gasteiger partial charge in [0.1, 0.15) is 0 Å². The van der Waals surface area contributed by atoms with Crippen LogP contribution in [-0.2, 0) is 4.79 Å². The van der Waals surface area contributed by atoms with Crippen molar-refractivity contribution in [3.05, 3.63) is 0 Å². The molecule has 0 saturated carbocycles. The normalized spacial score (nSPS) is 22.2. The van der Waals surface area contributed by atoms with Gasteiger partial charge < -0.3 is 15.5 Å². The molecule has 0 aromatic rings. The van der Waals surface area contributed by atoms with E-state index in [-0.39, 0.29) is 17.4 Å². The standard InChI is InChI=1S/C14H29N3O/c1-11(2)8-14(3,4)10-16-13(18)12-9-17(5)7-6-15-12/h11-12,15H,6-10H2,1-5H3,(H,16,18). The molecule has 1 unspecified atom stereocenters.